The Morgan fingerprint density at radius 3 is 2.54 bits per heavy atom. The highest BCUT2D eigenvalue weighted by Gasteiger charge is 2.34. The Morgan fingerprint density at radius 2 is 1.79 bits per heavy atom. The first-order chi connectivity index (χ1) is 11.6. The fourth-order valence-electron chi connectivity index (χ4n) is 3.52. The molecule has 0 saturated heterocycles. The average Bonchev–Trinajstić information content (AvgIpc) is 2.95. The fourth-order valence-corrected chi connectivity index (χ4v) is 3.52. The highest BCUT2D eigenvalue weighted by atomic mass is 16.1. The molecule has 1 unspecified atom stereocenters. The molecule has 2 aromatic carbocycles. The Labute approximate surface area is 141 Å². The minimum absolute atomic E-state index is 0.0483. The maximum Gasteiger partial charge on any atom is 0.262 e. The summed E-state index contributed by atoms with van der Waals surface area (Å²) in [6.07, 6.45) is 0.719. The van der Waals surface area contributed by atoms with Gasteiger partial charge in [-0.25, -0.2) is 4.98 Å². The second kappa shape index (κ2) is 5.87. The van der Waals surface area contributed by atoms with E-state index in [1.165, 1.54) is 5.56 Å². The van der Waals surface area contributed by atoms with Gasteiger partial charge < -0.3 is 0 Å². The van der Waals surface area contributed by atoms with Crippen LogP contribution in [-0.2, 0) is 6.42 Å². The SMILES string of the molecule is CC(C)[C@H]1NC(Cc2ccccc2)n2c1nc1ccccc1c2=O. The maximum atomic E-state index is 13.1. The summed E-state index contributed by atoms with van der Waals surface area (Å²) in [7, 11) is 0. The predicted molar refractivity (Wildman–Crippen MR) is 95.9 cm³/mol. The molecule has 0 amide bonds. The van der Waals surface area contributed by atoms with Crippen molar-refractivity contribution in [1.82, 2.24) is 14.9 Å². The molecule has 122 valence electrons. The van der Waals surface area contributed by atoms with Crippen LogP contribution in [0.2, 0.25) is 0 Å². The predicted octanol–water partition coefficient (Wildman–Crippen LogP) is 3.44. The van der Waals surface area contributed by atoms with Crippen LogP contribution in [0.15, 0.2) is 59.4 Å². The van der Waals surface area contributed by atoms with Crippen LogP contribution in [0.5, 0.6) is 0 Å². The van der Waals surface area contributed by atoms with Crippen molar-refractivity contribution in [2.45, 2.75) is 32.5 Å². The lowest BCUT2D eigenvalue weighted by molar-refractivity contribution is 0.372. The topological polar surface area (TPSA) is 46.9 Å². The zero-order chi connectivity index (χ0) is 16.7. The third-order valence-electron chi connectivity index (χ3n) is 4.74. The van der Waals surface area contributed by atoms with Gasteiger partial charge in [0.1, 0.15) is 5.82 Å². The van der Waals surface area contributed by atoms with E-state index < -0.39 is 0 Å². The van der Waals surface area contributed by atoms with E-state index in [1.54, 1.807) is 0 Å². The Balaban J connectivity index is 1.86. The molecule has 0 saturated carbocycles. The van der Waals surface area contributed by atoms with Crippen molar-refractivity contribution in [3.05, 3.63) is 76.3 Å². The number of rotatable bonds is 3. The van der Waals surface area contributed by atoms with Crippen molar-refractivity contribution >= 4 is 10.9 Å². The molecule has 24 heavy (non-hydrogen) atoms. The maximum absolute atomic E-state index is 13.1. The zero-order valence-corrected chi connectivity index (χ0v) is 13.9. The minimum Gasteiger partial charge on any atom is -0.287 e. The van der Waals surface area contributed by atoms with E-state index in [0.717, 1.165) is 17.8 Å². The van der Waals surface area contributed by atoms with Gasteiger partial charge in [0.15, 0.2) is 0 Å². The van der Waals surface area contributed by atoms with Crippen LogP contribution >= 0.6 is 0 Å². The number of fused-ring (bicyclic) bond motifs is 2. The molecule has 4 nitrogen and oxygen atoms in total. The van der Waals surface area contributed by atoms with E-state index in [0.29, 0.717) is 11.3 Å². The van der Waals surface area contributed by atoms with E-state index in [9.17, 15) is 4.79 Å². The molecular weight excluding hydrogens is 298 g/mol. The summed E-state index contributed by atoms with van der Waals surface area (Å²) >= 11 is 0. The molecule has 3 aromatic rings. The highest BCUT2D eigenvalue weighted by molar-refractivity contribution is 5.77. The van der Waals surface area contributed by atoms with Crippen LogP contribution in [0.25, 0.3) is 10.9 Å². The van der Waals surface area contributed by atoms with Crippen molar-refractivity contribution in [2.75, 3.05) is 0 Å². The smallest absolute Gasteiger partial charge is 0.262 e. The van der Waals surface area contributed by atoms with Gasteiger partial charge in [-0.3, -0.25) is 14.7 Å². The second-order valence-electron chi connectivity index (χ2n) is 6.76. The number of aromatic nitrogens is 2. The fraction of sp³-hybridized carbons (Fsp3) is 0.300. The number of para-hydroxylation sites is 1. The van der Waals surface area contributed by atoms with Crippen LogP contribution in [0, 0.1) is 5.92 Å². The molecule has 2 atom stereocenters. The van der Waals surface area contributed by atoms with Crippen molar-refractivity contribution < 1.29 is 0 Å². The van der Waals surface area contributed by atoms with Crippen molar-refractivity contribution in [2.24, 2.45) is 5.92 Å². The molecule has 0 spiro atoms. The summed E-state index contributed by atoms with van der Waals surface area (Å²) in [5.74, 6) is 1.22. The van der Waals surface area contributed by atoms with E-state index >= 15 is 0 Å². The quantitative estimate of drug-likeness (QED) is 0.804. The lowest BCUT2D eigenvalue weighted by Gasteiger charge is -2.16. The van der Waals surface area contributed by atoms with Gasteiger partial charge in [0.05, 0.1) is 23.1 Å². The first-order valence-corrected chi connectivity index (χ1v) is 8.46. The standard InChI is InChI=1S/C20H21N3O/c1-13(2)18-19-21-16-11-7-6-10-15(16)20(24)23(19)17(22-18)12-14-8-4-3-5-9-14/h3-11,13,17-18,22H,12H2,1-2H3/t17?,18-/m1/s1. The molecule has 1 N–H and O–H groups in total. The molecule has 1 aliphatic rings. The molecule has 0 aliphatic carbocycles. The summed E-state index contributed by atoms with van der Waals surface area (Å²) in [5.41, 5.74) is 2.04. The third kappa shape index (κ3) is 2.43. The van der Waals surface area contributed by atoms with Gasteiger partial charge in [-0.15, -0.1) is 0 Å². The molecule has 0 bridgehead atoms. The summed E-state index contributed by atoms with van der Waals surface area (Å²) < 4.78 is 1.86. The van der Waals surface area contributed by atoms with E-state index in [-0.39, 0.29) is 17.8 Å². The summed E-state index contributed by atoms with van der Waals surface area (Å²) in [6.45, 7) is 4.32. The van der Waals surface area contributed by atoms with Gasteiger partial charge in [0.2, 0.25) is 0 Å². The number of nitrogens with one attached hydrogen (secondary N) is 1. The lowest BCUT2D eigenvalue weighted by atomic mass is 10.0. The van der Waals surface area contributed by atoms with E-state index in [4.69, 9.17) is 4.98 Å². The molecule has 1 aliphatic heterocycles. The van der Waals surface area contributed by atoms with Gasteiger partial charge in [-0.2, -0.15) is 0 Å². The Hall–Kier alpha value is -2.46. The highest BCUT2D eigenvalue weighted by Crippen LogP contribution is 2.31. The van der Waals surface area contributed by atoms with Gasteiger partial charge in [0, 0.05) is 6.42 Å². The van der Waals surface area contributed by atoms with Crippen molar-refractivity contribution in [1.29, 1.82) is 0 Å². The lowest BCUT2D eigenvalue weighted by Crippen LogP contribution is -2.29. The Kier molecular flexibility index (Phi) is 3.69. The monoisotopic (exact) mass is 319 g/mol. The van der Waals surface area contributed by atoms with Crippen molar-refractivity contribution in [3.8, 4) is 0 Å². The molecule has 0 radical (unpaired) electrons. The zero-order valence-electron chi connectivity index (χ0n) is 13.9. The molecular formula is C20H21N3O. The van der Waals surface area contributed by atoms with E-state index in [1.807, 2.05) is 47.0 Å². The molecule has 0 fully saturated rings. The normalized spacial score (nSPS) is 19.8. The molecule has 4 heteroatoms. The van der Waals surface area contributed by atoms with Crippen LogP contribution in [0.4, 0.5) is 0 Å². The number of nitrogens with zero attached hydrogens (tertiary/aromatic N) is 2. The Morgan fingerprint density at radius 1 is 1.08 bits per heavy atom. The summed E-state index contributed by atoms with van der Waals surface area (Å²) in [5, 5.41) is 4.31. The van der Waals surface area contributed by atoms with Gasteiger partial charge >= 0.3 is 0 Å². The average molecular weight is 319 g/mol. The minimum atomic E-state index is -0.0561. The van der Waals surface area contributed by atoms with Crippen LogP contribution in [0.1, 0.15) is 37.4 Å². The van der Waals surface area contributed by atoms with Crippen LogP contribution in [-0.4, -0.2) is 9.55 Å². The third-order valence-corrected chi connectivity index (χ3v) is 4.74. The molecule has 2 heterocycles. The summed E-state index contributed by atoms with van der Waals surface area (Å²) in [4.78, 5) is 17.9. The van der Waals surface area contributed by atoms with Crippen molar-refractivity contribution in [3.63, 3.8) is 0 Å². The van der Waals surface area contributed by atoms with Gasteiger partial charge in [-0.1, -0.05) is 56.3 Å². The number of hydrogen-bond donors (Lipinski definition) is 1. The van der Waals surface area contributed by atoms with Gasteiger partial charge in [-0.05, 0) is 23.6 Å². The summed E-state index contributed by atoms with van der Waals surface area (Å²) in [6, 6.07) is 18.0. The Bertz CT molecular complexity index is 931. The second-order valence-corrected chi connectivity index (χ2v) is 6.76. The van der Waals surface area contributed by atoms with E-state index in [2.05, 4.69) is 31.3 Å². The molecule has 1 aromatic heterocycles. The van der Waals surface area contributed by atoms with Crippen LogP contribution in [0.3, 0.4) is 0 Å². The number of hydrogen-bond acceptors (Lipinski definition) is 3. The largest absolute Gasteiger partial charge is 0.287 e. The van der Waals surface area contributed by atoms with Crippen LogP contribution < -0.4 is 10.9 Å². The first kappa shape index (κ1) is 15.1. The molecule has 4 rings (SSSR count). The number of benzene rings is 2. The van der Waals surface area contributed by atoms with Gasteiger partial charge in [0.25, 0.3) is 5.56 Å². The first-order valence-electron chi connectivity index (χ1n) is 8.46.